The number of carbonyl (C=O) groups excluding carboxylic acids is 1. The van der Waals surface area contributed by atoms with Crippen LogP contribution < -0.4 is 4.90 Å². The van der Waals surface area contributed by atoms with Crippen LogP contribution in [0.15, 0.2) is 47.0 Å². The van der Waals surface area contributed by atoms with E-state index >= 15 is 0 Å². The molecule has 1 amide bonds. The average Bonchev–Trinajstić information content (AvgIpc) is 3.22. The third-order valence-electron chi connectivity index (χ3n) is 4.68. The van der Waals surface area contributed by atoms with E-state index < -0.39 is 0 Å². The summed E-state index contributed by atoms with van der Waals surface area (Å²) in [6.07, 6.45) is 0.333. The van der Waals surface area contributed by atoms with Gasteiger partial charge in [0.15, 0.2) is 0 Å². The van der Waals surface area contributed by atoms with Gasteiger partial charge in [0, 0.05) is 18.5 Å². The SMILES string of the molecule is Cc1ccc(-c2noc(C3CC(=O)N(c4ccccc4Cl)C3)n2)c(C)c1. The summed E-state index contributed by atoms with van der Waals surface area (Å²) in [4.78, 5) is 18.7. The van der Waals surface area contributed by atoms with Gasteiger partial charge in [-0.2, -0.15) is 4.98 Å². The number of para-hydroxylation sites is 1. The molecule has 26 heavy (non-hydrogen) atoms. The number of halogens is 1. The first-order valence-corrected chi connectivity index (χ1v) is 8.87. The molecule has 1 atom stereocenters. The van der Waals surface area contributed by atoms with Crippen molar-refractivity contribution in [1.29, 1.82) is 0 Å². The van der Waals surface area contributed by atoms with Gasteiger partial charge >= 0.3 is 0 Å². The second-order valence-electron chi connectivity index (χ2n) is 6.63. The molecule has 2 heterocycles. The Morgan fingerprint density at radius 2 is 2.00 bits per heavy atom. The molecule has 5 nitrogen and oxygen atoms in total. The predicted molar refractivity (Wildman–Crippen MR) is 100 cm³/mol. The molecule has 1 aliphatic heterocycles. The molecule has 1 aromatic heterocycles. The highest BCUT2D eigenvalue weighted by Crippen LogP contribution is 2.35. The molecule has 1 fully saturated rings. The Kier molecular flexibility index (Phi) is 4.24. The molecular formula is C20H18ClN3O2. The number of aromatic nitrogens is 2. The highest BCUT2D eigenvalue weighted by Gasteiger charge is 2.36. The Balaban J connectivity index is 1.59. The van der Waals surface area contributed by atoms with Gasteiger partial charge in [0.25, 0.3) is 0 Å². The lowest BCUT2D eigenvalue weighted by Gasteiger charge is -2.17. The van der Waals surface area contributed by atoms with E-state index in [9.17, 15) is 4.79 Å². The second kappa shape index (κ2) is 6.57. The van der Waals surface area contributed by atoms with Crippen LogP contribution in [0.4, 0.5) is 5.69 Å². The molecule has 0 N–H and O–H groups in total. The van der Waals surface area contributed by atoms with Crippen LogP contribution in [0.3, 0.4) is 0 Å². The predicted octanol–water partition coefficient (Wildman–Crippen LogP) is 4.53. The van der Waals surface area contributed by atoms with Crippen LogP contribution in [-0.4, -0.2) is 22.6 Å². The lowest BCUT2D eigenvalue weighted by Crippen LogP contribution is -2.24. The van der Waals surface area contributed by atoms with Crippen molar-refractivity contribution in [3.8, 4) is 11.4 Å². The number of nitrogens with zero attached hydrogens (tertiary/aromatic N) is 3. The van der Waals surface area contributed by atoms with Gasteiger partial charge in [-0.25, -0.2) is 0 Å². The highest BCUT2D eigenvalue weighted by molar-refractivity contribution is 6.33. The van der Waals surface area contributed by atoms with Crippen LogP contribution >= 0.6 is 11.6 Å². The Morgan fingerprint density at radius 1 is 1.19 bits per heavy atom. The van der Waals surface area contributed by atoms with Gasteiger partial charge in [0.05, 0.1) is 16.6 Å². The molecule has 0 spiro atoms. The van der Waals surface area contributed by atoms with Crippen molar-refractivity contribution in [3.05, 3.63) is 64.5 Å². The molecule has 2 aromatic carbocycles. The van der Waals surface area contributed by atoms with Gasteiger partial charge in [-0.3, -0.25) is 4.79 Å². The van der Waals surface area contributed by atoms with Crippen molar-refractivity contribution >= 4 is 23.2 Å². The summed E-state index contributed by atoms with van der Waals surface area (Å²) in [5.41, 5.74) is 3.94. The zero-order valence-electron chi connectivity index (χ0n) is 14.6. The number of hydrogen-bond donors (Lipinski definition) is 0. The number of anilines is 1. The highest BCUT2D eigenvalue weighted by atomic mass is 35.5. The fourth-order valence-corrected chi connectivity index (χ4v) is 3.59. The fraction of sp³-hybridized carbons (Fsp3) is 0.250. The maximum atomic E-state index is 12.5. The summed E-state index contributed by atoms with van der Waals surface area (Å²) >= 11 is 6.23. The van der Waals surface area contributed by atoms with Gasteiger partial charge in [-0.05, 0) is 31.5 Å². The Labute approximate surface area is 156 Å². The van der Waals surface area contributed by atoms with Gasteiger partial charge in [0.2, 0.25) is 17.6 Å². The van der Waals surface area contributed by atoms with Crippen LogP contribution in [0.25, 0.3) is 11.4 Å². The summed E-state index contributed by atoms with van der Waals surface area (Å²) in [6, 6.07) is 13.4. The smallest absolute Gasteiger partial charge is 0.232 e. The number of aryl methyl sites for hydroxylation is 2. The topological polar surface area (TPSA) is 59.2 Å². The number of rotatable bonds is 3. The van der Waals surface area contributed by atoms with E-state index in [0.29, 0.717) is 29.7 Å². The third kappa shape index (κ3) is 2.99. The molecule has 0 aliphatic carbocycles. The molecular weight excluding hydrogens is 350 g/mol. The average molecular weight is 368 g/mol. The standard InChI is InChI=1S/C20H18ClN3O2/c1-12-7-8-15(13(2)9-12)19-22-20(26-23-19)14-10-18(25)24(11-14)17-6-4-3-5-16(17)21/h3-9,14H,10-11H2,1-2H3. The molecule has 1 saturated heterocycles. The maximum Gasteiger partial charge on any atom is 0.232 e. The molecule has 6 heteroatoms. The Hall–Kier alpha value is -2.66. The number of carbonyl (C=O) groups is 1. The first kappa shape index (κ1) is 16.8. The summed E-state index contributed by atoms with van der Waals surface area (Å²) in [7, 11) is 0. The van der Waals surface area contributed by atoms with E-state index in [2.05, 4.69) is 16.2 Å². The number of hydrogen-bond acceptors (Lipinski definition) is 4. The van der Waals surface area contributed by atoms with Crippen molar-refractivity contribution in [2.45, 2.75) is 26.2 Å². The Bertz CT molecular complexity index is 983. The van der Waals surface area contributed by atoms with E-state index in [1.165, 1.54) is 5.56 Å². The van der Waals surface area contributed by atoms with Gasteiger partial charge in [-0.1, -0.05) is 52.7 Å². The minimum atomic E-state index is -0.134. The Morgan fingerprint density at radius 3 is 2.77 bits per heavy atom. The zero-order chi connectivity index (χ0) is 18.3. The molecule has 3 aromatic rings. The third-order valence-corrected chi connectivity index (χ3v) is 5.00. The summed E-state index contributed by atoms with van der Waals surface area (Å²) in [6.45, 7) is 4.56. The molecule has 0 saturated carbocycles. The summed E-state index contributed by atoms with van der Waals surface area (Å²) < 4.78 is 5.48. The van der Waals surface area contributed by atoms with Gasteiger partial charge in [-0.15, -0.1) is 0 Å². The molecule has 0 radical (unpaired) electrons. The van der Waals surface area contributed by atoms with Crippen LogP contribution in [0, 0.1) is 13.8 Å². The molecule has 132 valence electrons. The lowest BCUT2D eigenvalue weighted by atomic mass is 10.1. The van der Waals surface area contributed by atoms with Crippen molar-refractivity contribution in [3.63, 3.8) is 0 Å². The fourth-order valence-electron chi connectivity index (χ4n) is 3.35. The van der Waals surface area contributed by atoms with Gasteiger partial charge < -0.3 is 9.42 Å². The van der Waals surface area contributed by atoms with Crippen molar-refractivity contribution in [2.75, 3.05) is 11.4 Å². The van der Waals surface area contributed by atoms with Crippen molar-refractivity contribution < 1.29 is 9.32 Å². The minimum Gasteiger partial charge on any atom is -0.339 e. The molecule has 1 aliphatic rings. The zero-order valence-corrected chi connectivity index (χ0v) is 15.3. The number of benzene rings is 2. The van der Waals surface area contributed by atoms with E-state index in [1.54, 1.807) is 11.0 Å². The van der Waals surface area contributed by atoms with E-state index in [4.69, 9.17) is 16.1 Å². The van der Waals surface area contributed by atoms with Crippen molar-refractivity contribution in [2.24, 2.45) is 0 Å². The second-order valence-corrected chi connectivity index (χ2v) is 7.04. The summed E-state index contributed by atoms with van der Waals surface area (Å²) in [5, 5.41) is 4.68. The van der Waals surface area contributed by atoms with E-state index in [1.807, 2.05) is 44.2 Å². The normalized spacial score (nSPS) is 17.1. The van der Waals surface area contributed by atoms with E-state index in [0.717, 1.165) is 16.8 Å². The maximum absolute atomic E-state index is 12.5. The van der Waals surface area contributed by atoms with Crippen LogP contribution in [0.2, 0.25) is 5.02 Å². The quantitative estimate of drug-likeness (QED) is 0.682. The van der Waals surface area contributed by atoms with E-state index in [-0.39, 0.29) is 11.8 Å². The lowest BCUT2D eigenvalue weighted by molar-refractivity contribution is -0.117. The largest absolute Gasteiger partial charge is 0.339 e. The minimum absolute atomic E-state index is 0.00867. The number of amides is 1. The van der Waals surface area contributed by atoms with Crippen molar-refractivity contribution in [1.82, 2.24) is 10.1 Å². The van der Waals surface area contributed by atoms with Gasteiger partial charge in [0.1, 0.15) is 0 Å². The van der Waals surface area contributed by atoms with Crippen LogP contribution in [-0.2, 0) is 4.79 Å². The van der Waals surface area contributed by atoms with Crippen LogP contribution in [0.1, 0.15) is 29.4 Å². The summed E-state index contributed by atoms with van der Waals surface area (Å²) in [5.74, 6) is 0.921. The first-order valence-electron chi connectivity index (χ1n) is 8.49. The van der Waals surface area contributed by atoms with Crippen LogP contribution in [0.5, 0.6) is 0 Å². The molecule has 1 unspecified atom stereocenters. The first-order chi connectivity index (χ1) is 12.5. The molecule has 4 rings (SSSR count). The monoisotopic (exact) mass is 367 g/mol. The molecule has 0 bridgehead atoms.